The molecule has 4 aromatic carbocycles. The number of carbonyl (C=O) groups is 1. The van der Waals surface area contributed by atoms with Crippen LogP contribution in [0.25, 0.3) is 66.6 Å². The van der Waals surface area contributed by atoms with E-state index in [-0.39, 0.29) is 12.4 Å². The summed E-state index contributed by atoms with van der Waals surface area (Å²) in [5.74, 6) is 0.652. The molecule has 2 saturated heterocycles. The van der Waals surface area contributed by atoms with Gasteiger partial charge < -0.3 is 30.5 Å². The van der Waals surface area contributed by atoms with Gasteiger partial charge in [0.1, 0.15) is 17.4 Å². The number of nitrogens with zero attached hydrogens (tertiary/aromatic N) is 6. The first-order chi connectivity index (χ1) is 36.0. The number of aliphatic hydroxyl groups is 1. The summed E-state index contributed by atoms with van der Waals surface area (Å²) in [6.45, 7) is 13.9. The molecule has 10 rings (SSSR count). The van der Waals surface area contributed by atoms with E-state index in [0.717, 1.165) is 90.8 Å². The van der Waals surface area contributed by atoms with E-state index in [0.29, 0.717) is 37.3 Å². The summed E-state index contributed by atoms with van der Waals surface area (Å²) in [4.78, 5) is 35.5. The number of alkyl carbamates (subject to hydrolysis) is 1. The summed E-state index contributed by atoms with van der Waals surface area (Å²) < 4.78 is 11.5. The molecule has 8 aromatic rings. The van der Waals surface area contributed by atoms with Crippen LogP contribution in [-0.2, 0) is 17.8 Å². The molecule has 0 spiro atoms. The number of likely N-dealkylation sites (tertiary alicyclic amines) is 2. The maximum atomic E-state index is 11.9. The van der Waals surface area contributed by atoms with E-state index in [9.17, 15) is 4.79 Å². The van der Waals surface area contributed by atoms with Crippen LogP contribution in [0.3, 0.4) is 0 Å². The van der Waals surface area contributed by atoms with Gasteiger partial charge in [0, 0.05) is 66.2 Å². The van der Waals surface area contributed by atoms with Crippen LogP contribution < -0.4 is 15.8 Å². The molecule has 4 N–H and O–H groups in total. The Kier molecular flexibility index (Phi) is 20.9. The van der Waals surface area contributed by atoms with Gasteiger partial charge >= 0.3 is 6.09 Å². The average molecular weight is 1050 g/mol. The Balaban J connectivity index is 0.000000185. The molecule has 12 nitrogen and oxygen atoms in total. The maximum absolute atomic E-state index is 11.9. The fraction of sp³-hybridized carbons (Fsp3) is 0.328. The van der Waals surface area contributed by atoms with Gasteiger partial charge in [-0.3, -0.25) is 4.90 Å². The molecule has 2 aliphatic heterocycles. The number of carbonyl (C=O) groups excluding carboxylic acids is 1. The van der Waals surface area contributed by atoms with E-state index in [2.05, 4.69) is 91.8 Å². The number of nitrogens with one attached hydrogen (secondary N) is 1. The van der Waals surface area contributed by atoms with Crippen molar-refractivity contribution in [3.05, 3.63) is 162 Å². The van der Waals surface area contributed by atoms with Gasteiger partial charge in [-0.1, -0.05) is 134 Å². The number of β-amino-alcohol motifs (C(OH)–C–C–N with tert-alkyl or cyclic N) is 1. The average Bonchev–Trinajstić information content (AvgIpc) is 3.43. The SMILES string of the molecule is CC(C)(C)OC(=O)NCc1ccc(-c2nc3ccnc(Cl)c3cc2-c2ccccc2)cc1.Cl.NCc1ccc(-c2nc3ccnc(OCCN4CCCCC4)c3cc2-c2ccccc2)cc1.OCCN1CCCCC1. The van der Waals surface area contributed by atoms with Crippen molar-refractivity contribution >= 4 is 51.9 Å². The second kappa shape index (κ2) is 27.9. The van der Waals surface area contributed by atoms with E-state index < -0.39 is 11.7 Å². The predicted octanol–water partition coefficient (Wildman–Crippen LogP) is 12.8. The highest BCUT2D eigenvalue weighted by Gasteiger charge is 2.19. The molecule has 392 valence electrons. The first kappa shape index (κ1) is 56.2. The summed E-state index contributed by atoms with van der Waals surface area (Å²) in [5.41, 5.74) is 17.1. The molecular formula is C61H70Cl2N8O4. The molecule has 2 fully saturated rings. The molecular weight excluding hydrogens is 980 g/mol. The molecule has 0 saturated carbocycles. The highest BCUT2D eigenvalue weighted by Crippen LogP contribution is 2.37. The number of benzene rings is 4. The molecule has 0 bridgehead atoms. The van der Waals surface area contributed by atoms with E-state index in [4.69, 9.17) is 41.9 Å². The smallest absolute Gasteiger partial charge is 0.407 e. The van der Waals surface area contributed by atoms with E-state index in [1.165, 1.54) is 64.7 Å². The quantitative estimate of drug-likeness (QED) is 0.0946. The number of rotatable bonds is 13. The van der Waals surface area contributed by atoms with Crippen LogP contribution in [0.4, 0.5) is 4.79 Å². The fourth-order valence-corrected chi connectivity index (χ4v) is 9.42. The van der Waals surface area contributed by atoms with Crippen LogP contribution in [0.15, 0.2) is 146 Å². The third kappa shape index (κ3) is 16.0. The molecule has 2 aliphatic rings. The third-order valence-electron chi connectivity index (χ3n) is 13.1. The normalized spacial score (nSPS) is 13.9. The Bertz CT molecular complexity index is 3040. The molecule has 1 amide bonds. The van der Waals surface area contributed by atoms with Gasteiger partial charge in [0.05, 0.1) is 34.4 Å². The number of hydrogen-bond donors (Lipinski definition) is 3. The zero-order valence-electron chi connectivity index (χ0n) is 43.4. The monoisotopic (exact) mass is 1050 g/mol. The van der Waals surface area contributed by atoms with E-state index in [1.807, 2.05) is 87.5 Å². The van der Waals surface area contributed by atoms with Crippen molar-refractivity contribution in [1.29, 1.82) is 0 Å². The van der Waals surface area contributed by atoms with E-state index in [1.54, 1.807) is 12.4 Å². The number of pyridine rings is 4. The van der Waals surface area contributed by atoms with Crippen LogP contribution in [-0.4, -0.2) is 99.0 Å². The number of fused-ring (bicyclic) bond motifs is 2. The lowest BCUT2D eigenvalue weighted by atomic mass is 9.97. The Morgan fingerprint density at radius 2 is 1.13 bits per heavy atom. The second-order valence-corrected chi connectivity index (χ2v) is 20.0. The molecule has 0 aliphatic carbocycles. The topological polar surface area (TPSA) is 152 Å². The Labute approximate surface area is 453 Å². The summed E-state index contributed by atoms with van der Waals surface area (Å²) >= 11 is 6.34. The number of amides is 1. The molecule has 75 heavy (non-hydrogen) atoms. The second-order valence-electron chi connectivity index (χ2n) is 19.7. The fourth-order valence-electron chi connectivity index (χ4n) is 9.21. The van der Waals surface area contributed by atoms with Crippen molar-refractivity contribution in [2.24, 2.45) is 5.73 Å². The number of hydrogen-bond acceptors (Lipinski definition) is 11. The zero-order valence-corrected chi connectivity index (χ0v) is 45.0. The Morgan fingerprint density at radius 3 is 1.65 bits per heavy atom. The van der Waals surface area contributed by atoms with Crippen LogP contribution in [0, 0.1) is 0 Å². The van der Waals surface area contributed by atoms with Gasteiger partial charge in [0.25, 0.3) is 0 Å². The highest BCUT2D eigenvalue weighted by molar-refractivity contribution is 6.34. The van der Waals surface area contributed by atoms with Crippen LogP contribution >= 0.6 is 24.0 Å². The minimum Gasteiger partial charge on any atom is -0.476 e. The van der Waals surface area contributed by atoms with Gasteiger partial charge in [0.2, 0.25) is 5.88 Å². The molecule has 14 heteroatoms. The van der Waals surface area contributed by atoms with Crippen molar-refractivity contribution in [2.75, 3.05) is 52.5 Å². The van der Waals surface area contributed by atoms with Crippen molar-refractivity contribution in [1.82, 2.24) is 35.1 Å². The van der Waals surface area contributed by atoms with Gasteiger partial charge in [-0.15, -0.1) is 12.4 Å². The first-order valence-electron chi connectivity index (χ1n) is 25.9. The van der Waals surface area contributed by atoms with Gasteiger partial charge in [-0.2, -0.15) is 0 Å². The van der Waals surface area contributed by atoms with Gasteiger partial charge in [-0.05, 0) is 119 Å². The zero-order chi connectivity index (χ0) is 51.7. The minimum atomic E-state index is -0.526. The van der Waals surface area contributed by atoms with Crippen molar-refractivity contribution < 1.29 is 19.4 Å². The van der Waals surface area contributed by atoms with Crippen molar-refractivity contribution in [3.8, 4) is 50.6 Å². The summed E-state index contributed by atoms with van der Waals surface area (Å²) in [5, 5.41) is 13.6. The number of ether oxygens (including phenoxy) is 2. The molecule has 6 heterocycles. The van der Waals surface area contributed by atoms with Crippen molar-refractivity contribution in [2.45, 2.75) is 78.0 Å². The van der Waals surface area contributed by atoms with Crippen LogP contribution in [0.2, 0.25) is 5.15 Å². The molecule has 0 radical (unpaired) electrons. The highest BCUT2D eigenvalue weighted by atomic mass is 35.5. The number of piperidine rings is 2. The van der Waals surface area contributed by atoms with Crippen LogP contribution in [0.5, 0.6) is 5.88 Å². The van der Waals surface area contributed by atoms with Gasteiger partial charge in [-0.25, -0.2) is 24.7 Å². The maximum Gasteiger partial charge on any atom is 0.407 e. The summed E-state index contributed by atoms with van der Waals surface area (Å²) in [6.07, 6.45) is 10.9. The van der Waals surface area contributed by atoms with Gasteiger partial charge in [0.15, 0.2) is 0 Å². The summed E-state index contributed by atoms with van der Waals surface area (Å²) in [6, 6.07) is 44.8. The van der Waals surface area contributed by atoms with Crippen LogP contribution in [0.1, 0.15) is 70.4 Å². The Hall–Kier alpha value is -6.51. The molecule has 0 atom stereocenters. The standard InChI is InChI=1S/C28H30N4O.C26H24ClN3O2.C7H15NO.ClH/c29-20-21-9-11-23(12-10-21)27-24(22-7-3-1-4-8-22)19-25-26(31-27)13-14-30-28(25)33-18-17-32-15-5-2-6-16-32;1-26(2,3)32-25(31)29-16-17-9-11-19(12-10-17)23-20(18-7-5-4-6-8-18)15-21-22(30-23)13-14-28-24(21)27;9-7-6-8-4-2-1-3-5-8;/h1,3-4,7-14,19H,2,5-6,15-18,20,29H2;4-15H,16H2,1-3H3,(H,29,31);9H,1-7H2;1H. The molecule has 4 aromatic heterocycles. The number of aliphatic hydroxyl groups excluding tert-OH is 1. The predicted molar refractivity (Wildman–Crippen MR) is 307 cm³/mol. The third-order valence-corrected chi connectivity index (χ3v) is 13.4. The lowest BCUT2D eigenvalue weighted by molar-refractivity contribution is 0.0523. The minimum absolute atomic E-state index is 0. The van der Waals surface area contributed by atoms with Crippen molar-refractivity contribution in [3.63, 3.8) is 0 Å². The van der Waals surface area contributed by atoms with E-state index >= 15 is 0 Å². The lowest BCUT2D eigenvalue weighted by Gasteiger charge is -2.26. The largest absolute Gasteiger partial charge is 0.476 e. The number of nitrogens with two attached hydrogens (primary N) is 1. The number of halogens is 2. The number of aromatic nitrogens is 4. The first-order valence-corrected chi connectivity index (χ1v) is 26.3. The lowest BCUT2D eigenvalue weighted by Crippen LogP contribution is -2.33. The Morgan fingerprint density at radius 1 is 0.640 bits per heavy atom. The molecule has 0 unspecified atom stereocenters. The summed E-state index contributed by atoms with van der Waals surface area (Å²) in [7, 11) is 0.